The number of hydrogen-bond donors (Lipinski definition) is 2. The summed E-state index contributed by atoms with van der Waals surface area (Å²) in [5.74, 6) is 2.72. The second-order valence-electron chi connectivity index (χ2n) is 14.5. The van der Waals surface area contributed by atoms with Crippen LogP contribution in [0.2, 0.25) is 0 Å². The number of likely N-dealkylation sites (N-methyl/N-ethyl adjacent to an activating group) is 1. The zero-order valence-corrected chi connectivity index (χ0v) is 26.5. The Kier molecular flexibility index (Phi) is 9.19. The number of oxime groups is 1. The number of nitrogens with zero attached hydrogens (tertiary/aromatic N) is 3. The van der Waals surface area contributed by atoms with E-state index in [-0.39, 0.29) is 28.8 Å². The maximum Gasteiger partial charge on any atom is 0.436 e. The van der Waals surface area contributed by atoms with Crippen molar-refractivity contribution in [2.75, 3.05) is 33.7 Å². The molecule has 234 valence electrons. The highest BCUT2D eigenvalue weighted by Gasteiger charge is 2.59. The highest BCUT2D eigenvalue weighted by Crippen LogP contribution is 2.66. The SMILES string of the molecule is C/C(=N\OC(=O)N(CCN)CCC1CCC(C(=O)N(C)C)N1)[C@H]1CC[C@H]2[C@@H]3CCC4=CC(=O)CC[C@]4(C)[C@H]3CC[C@]12C. The summed E-state index contributed by atoms with van der Waals surface area (Å²) in [5.41, 5.74) is 8.51. The number of amides is 2. The van der Waals surface area contributed by atoms with E-state index in [2.05, 4.69) is 24.3 Å². The van der Waals surface area contributed by atoms with Crippen LogP contribution in [0, 0.1) is 34.5 Å². The third-order valence-corrected chi connectivity index (χ3v) is 12.1. The second kappa shape index (κ2) is 12.4. The lowest BCUT2D eigenvalue weighted by Gasteiger charge is -2.58. The van der Waals surface area contributed by atoms with E-state index >= 15 is 0 Å². The lowest BCUT2D eigenvalue weighted by molar-refractivity contribution is -0.130. The van der Waals surface area contributed by atoms with Gasteiger partial charge in [-0.2, -0.15) is 0 Å². The van der Waals surface area contributed by atoms with Gasteiger partial charge in [0.25, 0.3) is 0 Å². The molecule has 4 fully saturated rings. The number of nitrogens with one attached hydrogen (secondary N) is 1. The highest BCUT2D eigenvalue weighted by atomic mass is 16.7. The summed E-state index contributed by atoms with van der Waals surface area (Å²) in [4.78, 5) is 46.4. The maximum absolute atomic E-state index is 13.1. The zero-order valence-electron chi connectivity index (χ0n) is 26.5. The normalized spacial score (nSPS) is 37.8. The fourth-order valence-corrected chi connectivity index (χ4v) is 9.79. The van der Waals surface area contributed by atoms with Crippen molar-refractivity contribution in [2.45, 2.75) is 103 Å². The molecule has 4 aliphatic carbocycles. The largest absolute Gasteiger partial charge is 0.436 e. The van der Waals surface area contributed by atoms with E-state index in [0.717, 1.165) is 50.7 Å². The average molecular weight is 584 g/mol. The van der Waals surface area contributed by atoms with Crippen LogP contribution in [0.25, 0.3) is 0 Å². The monoisotopic (exact) mass is 583 g/mol. The van der Waals surface area contributed by atoms with Gasteiger partial charge in [0.15, 0.2) is 5.78 Å². The van der Waals surface area contributed by atoms with Crippen LogP contribution in [0.15, 0.2) is 16.8 Å². The van der Waals surface area contributed by atoms with E-state index in [4.69, 9.17) is 10.6 Å². The highest BCUT2D eigenvalue weighted by molar-refractivity contribution is 5.91. The summed E-state index contributed by atoms with van der Waals surface area (Å²) in [6, 6.07) is 0.0334. The molecule has 42 heavy (non-hydrogen) atoms. The van der Waals surface area contributed by atoms with Crippen molar-refractivity contribution >= 4 is 23.5 Å². The van der Waals surface area contributed by atoms with Gasteiger partial charge in [-0.1, -0.05) is 24.6 Å². The first-order valence-electron chi connectivity index (χ1n) is 16.4. The van der Waals surface area contributed by atoms with Crippen LogP contribution in [-0.2, 0) is 14.4 Å². The molecule has 9 nitrogen and oxygen atoms in total. The zero-order chi connectivity index (χ0) is 30.2. The first kappa shape index (κ1) is 31.2. The van der Waals surface area contributed by atoms with Crippen molar-refractivity contribution in [1.29, 1.82) is 0 Å². The number of carbonyl (C=O) groups is 3. The van der Waals surface area contributed by atoms with Crippen LogP contribution < -0.4 is 11.1 Å². The summed E-state index contributed by atoms with van der Waals surface area (Å²) >= 11 is 0. The van der Waals surface area contributed by atoms with Crippen molar-refractivity contribution in [3.63, 3.8) is 0 Å². The number of fused-ring (bicyclic) bond motifs is 5. The number of nitrogens with two attached hydrogens (primary N) is 1. The number of carbonyl (C=O) groups excluding carboxylic acids is 3. The standard InChI is InChI=1S/C33H53N5O4/c1-21(36-42-31(41)38(19-17-34)18-14-23-7-11-29(35-23)30(40)37(4)5)26-9-10-27-25-8-6-22-20-24(39)12-15-32(22,2)28(25)13-16-33(26,27)3/h20,23,25-29,35H,6-19,34H2,1-5H3/b36-21+/t23?,25-,26+,27-,28-,29?,32-,33+/m0/s1. The lowest BCUT2D eigenvalue weighted by Crippen LogP contribution is -2.51. The Morgan fingerprint density at radius 2 is 1.83 bits per heavy atom. The maximum atomic E-state index is 13.1. The predicted molar refractivity (Wildman–Crippen MR) is 164 cm³/mol. The molecule has 0 radical (unpaired) electrons. The molecule has 9 heteroatoms. The Morgan fingerprint density at radius 1 is 1.05 bits per heavy atom. The van der Waals surface area contributed by atoms with Gasteiger partial charge in [0, 0.05) is 52.1 Å². The molecule has 2 unspecified atom stereocenters. The van der Waals surface area contributed by atoms with Gasteiger partial charge in [-0.25, -0.2) is 4.79 Å². The molecule has 2 amide bonds. The van der Waals surface area contributed by atoms with E-state index < -0.39 is 6.09 Å². The van der Waals surface area contributed by atoms with Gasteiger partial charge in [-0.05, 0) is 106 Å². The van der Waals surface area contributed by atoms with E-state index in [1.54, 1.807) is 23.9 Å². The molecule has 5 aliphatic rings. The van der Waals surface area contributed by atoms with Crippen LogP contribution in [-0.4, -0.2) is 79.1 Å². The molecule has 0 aromatic heterocycles. The Labute approximate surface area is 252 Å². The van der Waals surface area contributed by atoms with Gasteiger partial charge in [0.1, 0.15) is 0 Å². The Hall–Kier alpha value is -2.26. The van der Waals surface area contributed by atoms with Crippen molar-refractivity contribution in [2.24, 2.45) is 45.4 Å². The van der Waals surface area contributed by atoms with E-state index in [0.29, 0.717) is 55.5 Å². The van der Waals surface area contributed by atoms with Gasteiger partial charge in [0.05, 0.1) is 11.8 Å². The Balaban J connectivity index is 1.18. The second-order valence-corrected chi connectivity index (χ2v) is 14.5. The fourth-order valence-electron chi connectivity index (χ4n) is 9.79. The van der Waals surface area contributed by atoms with Gasteiger partial charge in [-0.15, -0.1) is 0 Å². The number of ketones is 1. The van der Waals surface area contributed by atoms with Gasteiger partial charge in [-0.3, -0.25) is 14.4 Å². The van der Waals surface area contributed by atoms with Gasteiger partial charge >= 0.3 is 6.09 Å². The van der Waals surface area contributed by atoms with E-state index in [1.807, 2.05) is 13.0 Å². The molecule has 0 aromatic carbocycles. The topological polar surface area (TPSA) is 117 Å². The van der Waals surface area contributed by atoms with Crippen LogP contribution >= 0.6 is 0 Å². The van der Waals surface area contributed by atoms with Crippen LogP contribution in [0.5, 0.6) is 0 Å². The van der Waals surface area contributed by atoms with E-state index in [9.17, 15) is 14.4 Å². The fraction of sp³-hybridized carbons (Fsp3) is 0.818. The minimum Gasteiger partial charge on any atom is -0.347 e. The third kappa shape index (κ3) is 5.80. The quantitative estimate of drug-likeness (QED) is 0.247. The summed E-state index contributed by atoms with van der Waals surface area (Å²) in [5, 5.41) is 7.86. The Bertz CT molecular complexity index is 1120. The van der Waals surface area contributed by atoms with Crippen LogP contribution in [0.1, 0.15) is 91.4 Å². The first-order chi connectivity index (χ1) is 20.0. The van der Waals surface area contributed by atoms with Crippen molar-refractivity contribution in [1.82, 2.24) is 15.1 Å². The van der Waals surface area contributed by atoms with Gasteiger partial charge in [0.2, 0.25) is 5.91 Å². The van der Waals surface area contributed by atoms with Crippen LogP contribution in [0.3, 0.4) is 0 Å². The van der Waals surface area contributed by atoms with Crippen LogP contribution in [0.4, 0.5) is 4.79 Å². The number of hydrogen-bond acceptors (Lipinski definition) is 7. The molecular weight excluding hydrogens is 530 g/mol. The summed E-state index contributed by atoms with van der Waals surface area (Å²) in [6.45, 7) is 8.19. The van der Waals surface area contributed by atoms with E-state index in [1.165, 1.54) is 24.8 Å². The average Bonchev–Trinajstić information content (AvgIpc) is 3.58. The minimum absolute atomic E-state index is 0.0987. The number of allylic oxidation sites excluding steroid dienone is 1. The smallest absolute Gasteiger partial charge is 0.347 e. The summed E-state index contributed by atoms with van der Waals surface area (Å²) in [7, 11) is 3.56. The molecule has 3 saturated carbocycles. The molecule has 0 aromatic rings. The van der Waals surface area contributed by atoms with Crippen molar-refractivity contribution in [3.05, 3.63) is 11.6 Å². The lowest BCUT2D eigenvalue weighted by atomic mass is 9.46. The Morgan fingerprint density at radius 3 is 2.57 bits per heavy atom. The molecule has 0 bridgehead atoms. The molecule has 3 N–H and O–H groups in total. The number of rotatable bonds is 8. The van der Waals surface area contributed by atoms with Crippen molar-refractivity contribution in [3.8, 4) is 0 Å². The molecule has 8 atom stereocenters. The molecule has 1 aliphatic heterocycles. The minimum atomic E-state index is -0.450. The third-order valence-electron chi connectivity index (χ3n) is 12.1. The molecule has 1 heterocycles. The molecule has 5 rings (SSSR count). The molecule has 0 spiro atoms. The molecular formula is C33H53N5O4. The van der Waals surface area contributed by atoms with Gasteiger partial charge < -0.3 is 20.9 Å². The first-order valence-corrected chi connectivity index (χ1v) is 16.4. The molecule has 1 saturated heterocycles. The predicted octanol–water partition coefficient (Wildman–Crippen LogP) is 4.51. The summed E-state index contributed by atoms with van der Waals surface area (Å²) < 4.78 is 0. The van der Waals surface area contributed by atoms with Crippen molar-refractivity contribution < 1.29 is 19.2 Å². The summed E-state index contributed by atoms with van der Waals surface area (Å²) in [6.07, 6.45) is 12.6.